The Hall–Kier alpha value is -3.55. The van der Waals surface area contributed by atoms with Gasteiger partial charge in [-0.2, -0.15) is 0 Å². The molecule has 7 heteroatoms. The first-order valence-electron chi connectivity index (χ1n) is 11.1. The highest BCUT2D eigenvalue weighted by Gasteiger charge is 2.25. The predicted molar refractivity (Wildman–Crippen MR) is 139 cm³/mol. The zero-order chi connectivity index (χ0) is 24.0. The van der Waals surface area contributed by atoms with E-state index in [1.165, 1.54) is 11.3 Å². The normalized spacial score (nSPS) is 11.7. The third-order valence-electron chi connectivity index (χ3n) is 6.19. The van der Waals surface area contributed by atoms with Gasteiger partial charge in [-0.3, -0.25) is 9.69 Å². The summed E-state index contributed by atoms with van der Waals surface area (Å²) in [6.45, 7) is 5.11. The minimum Gasteiger partial charge on any atom is -0.422 e. The summed E-state index contributed by atoms with van der Waals surface area (Å²) in [5.41, 5.74) is 2.96. The number of thiazole rings is 1. The number of rotatable bonds is 5. The standard InChI is InChI=1S/C27H25N3O3S/c1-16-9-12-23-24(17(16)2)28-27(34-23)30(14-13-29(3)4)25(31)21-15-20-19-8-6-5-7-18(19)10-11-22(20)33-26(21)32/h5-12,15H,13-14H2,1-4H3. The van der Waals surface area contributed by atoms with Crippen LogP contribution < -0.4 is 10.5 Å². The Morgan fingerprint density at radius 2 is 1.79 bits per heavy atom. The van der Waals surface area contributed by atoms with Crippen LogP contribution in [0.4, 0.5) is 5.13 Å². The molecule has 0 fully saturated rings. The quantitative estimate of drug-likeness (QED) is 0.254. The van der Waals surface area contributed by atoms with Crippen LogP contribution in [0.3, 0.4) is 0 Å². The van der Waals surface area contributed by atoms with Gasteiger partial charge in [0.05, 0.1) is 10.2 Å². The van der Waals surface area contributed by atoms with Gasteiger partial charge in [-0.25, -0.2) is 9.78 Å². The number of amides is 1. The zero-order valence-electron chi connectivity index (χ0n) is 19.6. The van der Waals surface area contributed by atoms with Crippen LogP contribution in [0.15, 0.2) is 63.8 Å². The lowest BCUT2D eigenvalue weighted by molar-refractivity contribution is 0.0982. The first kappa shape index (κ1) is 22.3. The number of fused-ring (bicyclic) bond motifs is 4. The van der Waals surface area contributed by atoms with Crippen molar-refractivity contribution < 1.29 is 9.21 Å². The molecule has 0 aliphatic carbocycles. The molecule has 6 nitrogen and oxygen atoms in total. The lowest BCUT2D eigenvalue weighted by Gasteiger charge is -2.21. The Labute approximate surface area is 201 Å². The van der Waals surface area contributed by atoms with Crippen molar-refractivity contribution >= 4 is 54.3 Å². The van der Waals surface area contributed by atoms with E-state index < -0.39 is 11.5 Å². The fourth-order valence-electron chi connectivity index (χ4n) is 4.08. The number of carbonyl (C=O) groups excluding carboxylic acids is 1. The van der Waals surface area contributed by atoms with Crippen LogP contribution in [0.2, 0.25) is 0 Å². The fourth-order valence-corrected chi connectivity index (χ4v) is 5.13. The number of likely N-dealkylation sites (N-methyl/N-ethyl adjacent to an activating group) is 1. The van der Waals surface area contributed by atoms with Crippen molar-refractivity contribution in [1.82, 2.24) is 9.88 Å². The number of anilines is 1. The zero-order valence-corrected chi connectivity index (χ0v) is 20.4. The van der Waals surface area contributed by atoms with Crippen LogP contribution in [-0.2, 0) is 0 Å². The number of aromatic nitrogens is 1. The molecule has 0 saturated heterocycles. The summed E-state index contributed by atoms with van der Waals surface area (Å²) in [6, 6.07) is 17.3. The first-order chi connectivity index (χ1) is 16.3. The summed E-state index contributed by atoms with van der Waals surface area (Å²) in [5, 5.41) is 3.27. The van der Waals surface area contributed by atoms with E-state index in [9.17, 15) is 9.59 Å². The second-order valence-corrected chi connectivity index (χ2v) is 9.77. The van der Waals surface area contributed by atoms with E-state index >= 15 is 0 Å². The fraction of sp³-hybridized carbons (Fsp3) is 0.222. The summed E-state index contributed by atoms with van der Waals surface area (Å²) >= 11 is 1.46. The Morgan fingerprint density at radius 3 is 2.59 bits per heavy atom. The average molecular weight is 472 g/mol. The highest BCUT2D eigenvalue weighted by Crippen LogP contribution is 2.33. The topological polar surface area (TPSA) is 66.7 Å². The maximum atomic E-state index is 13.8. The van der Waals surface area contributed by atoms with Crippen LogP contribution in [0.1, 0.15) is 21.5 Å². The smallest absolute Gasteiger partial charge is 0.349 e. The van der Waals surface area contributed by atoms with E-state index in [0.29, 0.717) is 23.8 Å². The number of carbonyl (C=O) groups is 1. The van der Waals surface area contributed by atoms with E-state index in [0.717, 1.165) is 37.5 Å². The molecule has 172 valence electrons. The molecule has 0 unspecified atom stereocenters. The van der Waals surface area contributed by atoms with Crippen LogP contribution in [-0.4, -0.2) is 43.0 Å². The number of benzene rings is 3. The van der Waals surface area contributed by atoms with Crippen molar-refractivity contribution in [3.05, 3.63) is 81.7 Å². The highest BCUT2D eigenvalue weighted by atomic mass is 32.1. The van der Waals surface area contributed by atoms with Crippen LogP contribution >= 0.6 is 11.3 Å². The molecule has 3 aromatic carbocycles. The van der Waals surface area contributed by atoms with Gasteiger partial charge in [0.1, 0.15) is 11.1 Å². The van der Waals surface area contributed by atoms with Crippen LogP contribution in [0.25, 0.3) is 32.0 Å². The Morgan fingerprint density at radius 1 is 1.00 bits per heavy atom. The SMILES string of the molecule is Cc1ccc2sc(N(CCN(C)C)C(=O)c3cc4c(ccc5ccccc54)oc3=O)nc2c1C. The molecule has 2 heterocycles. The van der Waals surface area contributed by atoms with Crippen molar-refractivity contribution in [3.63, 3.8) is 0 Å². The molecular weight excluding hydrogens is 446 g/mol. The van der Waals surface area contributed by atoms with Gasteiger partial charge < -0.3 is 9.32 Å². The van der Waals surface area contributed by atoms with Gasteiger partial charge in [-0.15, -0.1) is 0 Å². The van der Waals surface area contributed by atoms with Gasteiger partial charge in [-0.05, 0) is 68.0 Å². The molecule has 34 heavy (non-hydrogen) atoms. The molecule has 0 aliphatic rings. The Kier molecular flexibility index (Phi) is 5.67. The Balaban J connectivity index is 1.65. The molecule has 5 rings (SSSR count). The summed E-state index contributed by atoms with van der Waals surface area (Å²) < 4.78 is 6.61. The molecule has 0 bridgehead atoms. The molecule has 2 aromatic heterocycles. The highest BCUT2D eigenvalue weighted by molar-refractivity contribution is 7.22. The van der Waals surface area contributed by atoms with E-state index in [1.54, 1.807) is 17.0 Å². The lowest BCUT2D eigenvalue weighted by atomic mass is 10.0. The molecule has 1 amide bonds. The van der Waals surface area contributed by atoms with Gasteiger partial charge in [0.25, 0.3) is 5.91 Å². The van der Waals surface area contributed by atoms with Crippen molar-refractivity contribution in [2.75, 3.05) is 32.1 Å². The molecule has 0 radical (unpaired) electrons. The van der Waals surface area contributed by atoms with E-state index in [-0.39, 0.29) is 5.56 Å². The van der Waals surface area contributed by atoms with Gasteiger partial charge in [-0.1, -0.05) is 47.7 Å². The molecule has 0 aliphatic heterocycles. The van der Waals surface area contributed by atoms with Crippen molar-refractivity contribution in [2.45, 2.75) is 13.8 Å². The molecular formula is C27H25N3O3S. The van der Waals surface area contributed by atoms with Gasteiger partial charge in [0.15, 0.2) is 5.13 Å². The molecule has 0 atom stereocenters. The third kappa shape index (κ3) is 3.87. The van der Waals surface area contributed by atoms with Crippen molar-refractivity contribution in [3.8, 4) is 0 Å². The summed E-state index contributed by atoms with van der Waals surface area (Å²) in [5.74, 6) is -0.404. The molecule has 0 saturated carbocycles. The van der Waals surface area contributed by atoms with E-state index in [4.69, 9.17) is 9.40 Å². The van der Waals surface area contributed by atoms with Crippen LogP contribution in [0.5, 0.6) is 0 Å². The van der Waals surface area contributed by atoms with Gasteiger partial charge in [0.2, 0.25) is 0 Å². The third-order valence-corrected chi connectivity index (χ3v) is 7.24. The number of aryl methyl sites for hydroxylation is 2. The molecule has 0 spiro atoms. The van der Waals surface area contributed by atoms with E-state index in [1.807, 2.05) is 69.2 Å². The summed E-state index contributed by atoms with van der Waals surface area (Å²) in [6.07, 6.45) is 0. The summed E-state index contributed by atoms with van der Waals surface area (Å²) in [4.78, 5) is 35.1. The summed E-state index contributed by atoms with van der Waals surface area (Å²) in [7, 11) is 3.90. The van der Waals surface area contributed by atoms with Crippen molar-refractivity contribution in [1.29, 1.82) is 0 Å². The first-order valence-corrected chi connectivity index (χ1v) is 11.9. The number of hydrogen-bond donors (Lipinski definition) is 0. The van der Waals surface area contributed by atoms with Crippen molar-refractivity contribution in [2.24, 2.45) is 0 Å². The maximum Gasteiger partial charge on any atom is 0.349 e. The molecule has 5 aromatic rings. The van der Waals surface area contributed by atoms with Gasteiger partial charge in [0, 0.05) is 18.5 Å². The van der Waals surface area contributed by atoms with Crippen LogP contribution in [0, 0.1) is 13.8 Å². The molecule has 0 N–H and O–H groups in total. The minimum atomic E-state index is -0.643. The lowest BCUT2D eigenvalue weighted by Crippen LogP contribution is -2.38. The maximum absolute atomic E-state index is 13.8. The minimum absolute atomic E-state index is 0.00904. The Bertz CT molecular complexity index is 1620. The average Bonchev–Trinajstić information content (AvgIpc) is 3.25. The predicted octanol–water partition coefficient (Wildman–Crippen LogP) is 5.38. The number of nitrogens with zero attached hydrogens (tertiary/aromatic N) is 3. The monoisotopic (exact) mass is 471 g/mol. The number of hydrogen-bond acceptors (Lipinski definition) is 6. The second kappa shape index (κ2) is 8.66. The van der Waals surface area contributed by atoms with Gasteiger partial charge >= 0.3 is 5.63 Å². The van der Waals surface area contributed by atoms with E-state index in [2.05, 4.69) is 6.07 Å². The largest absolute Gasteiger partial charge is 0.422 e. The second-order valence-electron chi connectivity index (χ2n) is 8.76.